The minimum absolute atomic E-state index is 0.0270. The SMILES string of the molecule is CN1C(=O)CCC2(C)C1=C(Cl)CC1C2CCC2(C)C(CC(=O)Nc3nc4ccccc4[nH]3)CCC12. The first-order chi connectivity index (χ1) is 16.7. The van der Waals surface area contributed by atoms with E-state index in [0.717, 1.165) is 60.3 Å². The molecule has 0 bridgehead atoms. The number of piperidine rings is 1. The maximum atomic E-state index is 13.1. The Labute approximate surface area is 211 Å². The highest BCUT2D eigenvalue weighted by molar-refractivity contribution is 6.30. The molecule has 2 N–H and O–H groups in total. The number of carbonyl (C=O) groups excluding carboxylic acids is 2. The van der Waals surface area contributed by atoms with Crippen LogP contribution in [0.5, 0.6) is 0 Å². The van der Waals surface area contributed by atoms with Crippen molar-refractivity contribution in [3.05, 3.63) is 35.0 Å². The maximum absolute atomic E-state index is 13.1. The first-order valence-electron chi connectivity index (χ1n) is 13.1. The zero-order chi connectivity index (χ0) is 24.5. The van der Waals surface area contributed by atoms with Crippen molar-refractivity contribution in [2.45, 2.75) is 65.2 Å². The van der Waals surface area contributed by atoms with Gasteiger partial charge in [-0.2, -0.15) is 0 Å². The molecule has 6 atom stereocenters. The molecule has 3 aliphatic carbocycles. The molecule has 0 radical (unpaired) electrons. The van der Waals surface area contributed by atoms with E-state index in [2.05, 4.69) is 29.1 Å². The summed E-state index contributed by atoms with van der Waals surface area (Å²) in [5, 5.41) is 3.90. The van der Waals surface area contributed by atoms with E-state index in [0.29, 0.717) is 42.5 Å². The number of allylic oxidation sites excluding steroid dienone is 2. The molecule has 0 spiro atoms. The van der Waals surface area contributed by atoms with Crippen LogP contribution in [0.2, 0.25) is 0 Å². The number of imidazole rings is 1. The second-order valence-corrected chi connectivity index (χ2v) is 12.3. The molecule has 3 fully saturated rings. The largest absolute Gasteiger partial charge is 0.324 e. The zero-order valence-electron chi connectivity index (χ0n) is 20.9. The van der Waals surface area contributed by atoms with Gasteiger partial charge in [-0.1, -0.05) is 37.6 Å². The van der Waals surface area contributed by atoms with E-state index in [4.69, 9.17) is 11.6 Å². The number of aromatic amines is 1. The Kier molecular flexibility index (Phi) is 5.33. The van der Waals surface area contributed by atoms with Crippen molar-refractivity contribution in [3.8, 4) is 0 Å². The van der Waals surface area contributed by atoms with E-state index in [-0.39, 0.29) is 22.6 Å². The second-order valence-electron chi connectivity index (χ2n) is 11.9. The fourth-order valence-electron chi connectivity index (χ4n) is 8.54. The number of anilines is 1. The van der Waals surface area contributed by atoms with Gasteiger partial charge >= 0.3 is 0 Å². The molecule has 7 heteroatoms. The molecular weight excluding hydrogens is 460 g/mol. The molecule has 35 heavy (non-hydrogen) atoms. The predicted octanol–water partition coefficient (Wildman–Crippen LogP) is 6.06. The van der Waals surface area contributed by atoms with Crippen molar-refractivity contribution in [3.63, 3.8) is 0 Å². The summed E-state index contributed by atoms with van der Waals surface area (Å²) in [5.74, 6) is 2.77. The zero-order valence-corrected chi connectivity index (χ0v) is 21.6. The minimum Gasteiger partial charge on any atom is -0.324 e. The van der Waals surface area contributed by atoms with Crippen LogP contribution in [0.1, 0.15) is 65.2 Å². The molecule has 186 valence electrons. The lowest BCUT2D eigenvalue weighted by Gasteiger charge is -2.59. The predicted molar refractivity (Wildman–Crippen MR) is 137 cm³/mol. The topological polar surface area (TPSA) is 78.1 Å². The molecule has 2 amide bonds. The number of likely N-dealkylation sites (tertiary alicyclic amines) is 1. The van der Waals surface area contributed by atoms with Crippen molar-refractivity contribution in [1.82, 2.24) is 14.9 Å². The molecule has 1 aromatic carbocycles. The van der Waals surface area contributed by atoms with Gasteiger partial charge in [0.1, 0.15) is 0 Å². The standard InChI is InChI=1S/C28H35ClN4O2/c1-27-12-10-19-17(15-20(29)25-28(19,2)13-11-24(35)33(25)3)18(27)9-8-16(27)14-23(34)32-26-30-21-6-4-5-7-22(21)31-26/h4-7,16-19H,8-15H2,1-3H3,(H2,30,31,32,34). The lowest BCUT2D eigenvalue weighted by atomic mass is 9.49. The average molecular weight is 495 g/mol. The van der Waals surface area contributed by atoms with Crippen LogP contribution in [0.4, 0.5) is 5.95 Å². The molecule has 6 nitrogen and oxygen atoms in total. The van der Waals surface area contributed by atoms with Crippen molar-refractivity contribution >= 4 is 40.4 Å². The molecular formula is C28H35ClN4O2. The number of para-hydroxylation sites is 2. The number of carbonyl (C=O) groups is 2. The van der Waals surface area contributed by atoms with Gasteiger partial charge in [0.25, 0.3) is 0 Å². The fraction of sp³-hybridized carbons (Fsp3) is 0.607. The van der Waals surface area contributed by atoms with Crippen LogP contribution < -0.4 is 5.32 Å². The highest BCUT2D eigenvalue weighted by atomic mass is 35.5. The van der Waals surface area contributed by atoms with Crippen molar-refractivity contribution in [1.29, 1.82) is 0 Å². The number of rotatable bonds is 3. The van der Waals surface area contributed by atoms with E-state index in [9.17, 15) is 9.59 Å². The van der Waals surface area contributed by atoms with Gasteiger partial charge in [0.15, 0.2) is 0 Å². The number of aromatic nitrogens is 2. The highest BCUT2D eigenvalue weighted by Gasteiger charge is 2.60. The molecule has 1 aromatic heterocycles. The Bertz CT molecular complexity index is 1200. The number of fused-ring (bicyclic) bond motifs is 6. The average Bonchev–Trinajstić information content (AvgIpc) is 3.37. The monoisotopic (exact) mass is 494 g/mol. The van der Waals surface area contributed by atoms with Crippen molar-refractivity contribution in [2.24, 2.45) is 34.5 Å². The van der Waals surface area contributed by atoms with Crippen LogP contribution in [-0.4, -0.2) is 33.7 Å². The third kappa shape index (κ3) is 3.46. The van der Waals surface area contributed by atoms with Crippen LogP contribution in [0.25, 0.3) is 11.0 Å². The Morgan fingerprint density at radius 2 is 2.00 bits per heavy atom. The number of amides is 2. The number of benzene rings is 1. The molecule has 2 heterocycles. The summed E-state index contributed by atoms with van der Waals surface area (Å²) >= 11 is 6.95. The van der Waals surface area contributed by atoms with Crippen LogP contribution in [-0.2, 0) is 9.59 Å². The number of halogens is 1. The summed E-state index contributed by atoms with van der Waals surface area (Å²) in [6.45, 7) is 4.77. The van der Waals surface area contributed by atoms with Gasteiger partial charge in [0.05, 0.1) is 11.0 Å². The first kappa shape index (κ1) is 23.1. The molecule has 6 unspecified atom stereocenters. The normalized spacial score (nSPS) is 36.7. The number of hydrogen-bond acceptors (Lipinski definition) is 3. The van der Waals surface area contributed by atoms with Gasteiger partial charge < -0.3 is 9.88 Å². The van der Waals surface area contributed by atoms with Gasteiger partial charge in [-0.05, 0) is 79.7 Å². The van der Waals surface area contributed by atoms with Gasteiger partial charge in [0, 0.05) is 36.0 Å². The van der Waals surface area contributed by atoms with Gasteiger partial charge in [0.2, 0.25) is 17.8 Å². The van der Waals surface area contributed by atoms with Gasteiger partial charge in [-0.15, -0.1) is 0 Å². The number of nitrogens with zero attached hydrogens (tertiary/aromatic N) is 2. The Hall–Kier alpha value is -2.34. The highest BCUT2D eigenvalue weighted by Crippen LogP contribution is 2.67. The molecule has 4 aliphatic rings. The fourth-order valence-corrected chi connectivity index (χ4v) is 9.06. The van der Waals surface area contributed by atoms with Crippen LogP contribution in [0.3, 0.4) is 0 Å². The molecule has 2 saturated carbocycles. The molecule has 1 saturated heterocycles. The van der Waals surface area contributed by atoms with Crippen LogP contribution in [0, 0.1) is 34.5 Å². The lowest BCUT2D eigenvalue weighted by molar-refractivity contribution is -0.136. The third-order valence-electron chi connectivity index (χ3n) is 10.3. The first-order valence-corrected chi connectivity index (χ1v) is 13.5. The maximum Gasteiger partial charge on any atom is 0.226 e. The molecule has 6 rings (SSSR count). The third-order valence-corrected chi connectivity index (χ3v) is 10.6. The van der Waals surface area contributed by atoms with Crippen LogP contribution >= 0.6 is 11.6 Å². The quantitative estimate of drug-likeness (QED) is 0.544. The summed E-state index contributed by atoms with van der Waals surface area (Å²) in [6.07, 6.45) is 7.43. The number of nitrogens with one attached hydrogen (secondary N) is 2. The number of hydrogen-bond donors (Lipinski definition) is 2. The summed E-state index contributed by atoms with van der Waals surface area (Å²) in [4.78, 5) is 35.1. The van der Waals surface area contributed by atoms with Crippen LogP contribution in [0.15, 0.2) is 35.0 Å². The Morgan fingerprint density at radius 3 is 2.80 bits per heavy atom. The lowest BCUT2D eigenvalue weighted by Crippen LogP contribution is -2.54. The molecule has 1 aliphatic heterocycles. The van der Waals surface area contributed by atoms with Crippen molar-refractivity contribution in [2.75, 3.05) is 12.4 Å². The van der Waals surface area contributed by atoms with E-state index in [1.807, 2.05) is 36.2 Å². The Morgan fingerprint density at radius 1 is 1.20 bits per heavy atom. The summed E-state index contributed by atoms with van der Waals surface area (Å²) in [5.41, 5.74) is 2.99. The van der Waals surface area contributed by atoms with E-state index in [1.54, 1.807) is 0 Å². The second kappa shape index (κ2) is 8.09. The number of H-pyrrole nitrogens is 1. The Balaban J connectivity index is 1.20. The van der Waals surface area contributed by atoms with Gasteiger partial charge in [-0.25, -0.2) is 4.98 Å². The smallest absolute Gasteiger partial charge is 0.226 e. The summed E-state index contributed by atoms with van der Waals surface area (Å²) in [6, 6.07) is 7.82. The molecule has 2 aromatic rings. The van der Waals surface area contributed by atoms with Gasteiger partial charge in [-0.3, -0.25) is 14.9 Å². The minimum atomic E-state index is -0.0270. The summed E-state index contributed by atoms with van der Waals surface area (Å²) < 4.78 is 0. The van der Waals surface area contributed by atoms with E-state index in [1.165, 1.54) is 0 Å². The van der Waals surface area contributed by atoms with E-state index >= 15 is 0 Å². The van der Waals surface area contributed by atoms with E-state index < -0.39 is 0 Å². The van der Waals surface area contributed by atoms with Crippen molar-refractivity contribution < 1.29 is 9.59 Å². The summed E-state index contributed by atoms with van der Waals surface area (Å²) in [7, 11) is 1.90.